The van der Waals surface area contributed by atoms with Crippen LogP contribution >= 0.6 is 11.6 Å². The molecule has 1 aliphatic carbocycles. The average molecular weight is 292 g/mol. The number of halogens is 1. The summed E-state index contributed by atoms with van der Waals surface area (Å²) < 4.78 is 0. The third-order valence-corrected chi connectivity index (χ3v) is 6.19. The maximum absolute atomic E-state index is 6.49. The first-order valence-electron chi connectivity index (χ1n) is 8.20. The van der Waals surface area contributed by atoms with E-state index in [1.807, 2.05) is 6.07 Å². The van der Waals surface area contributed by atoms with Gasteiger partial charge in [-0.2, -0.15) is 0 Å². The molecule has 1 saturated carbocycles. The van der Waals surface area contributed by atoms with Crippen molar-refractivity contribution in [1.29, 1.82) is 0 Å². The van der Waals surface area contributed by atoms with Gasteiger partial charge in [-0.1, -0.05) is 43.1 Å². The van der Waals surface area contributed by atoms with Crippen LogP contribution in [-0.2, 0) is 0 Å². The zero-order valence-corrected chi connectivity index (χ0v) is 13.3. The molecule has 1 saturated heterocycles. The highest BCUT2D eigenvalue weighted by atomic mass is 35.5. The Hall–Kier alpha value is -0.530. The van der Waals surface area contributed by atoms with Gasteiger partial charge in [0.1, 0.15) is 0 Å². The fraction of sp³-hybridized carbons (Fsp3) is 0.667. The third kappa shape index (κ3) is 2.63. The molecule has 3 rings (SSSR count). The van der Waals surface area contributed by atoms with Crippen LogP contribution < -0.4 is 5.32 Å². The molecule has 0 bridgehead atoms. The molecule has 1 aromatic rings. The smallest absolute Gasteiger partial charge is 0.0441 e. The summed E-state index contributed by atoms with van der Waals surface area (Å²) in [6.45, 7) is 4.62. The largest absolute Gasteiger partial charge is 0.316 e. The van der Waals surface area contributed by atoms with E-state index in [1.54, 1.807) is 0 Å². The highest BCUT2D eigenvalue weighted by Crippen LogP contribution is 2.53. The minimum atomic E-state index is 0.502. The molecule has 20 heavy (non-hydrogen) atoms. The van der Waals surface area contributed by atoms with Gasteiger partial charge in [0.2, 0.25) is 0 Å². The molecule has 1 spiro atoms. The van der Waals surface area contributed by atoms with E-state index in [0.717, 1.165) is 17.5 Å². The zero-order chi connectivity index (χ0) is 14.0. The SMILES string of the molecule is CCC1CCC2(CCNCC2c2ccccc2Cl)CC1. The predicted octanol–water partition coefficient (Wildman–Crippen LogP) is 5.00. The van der Waals surface area contributed by atoms with Crippen LogP contribution in [0.2, 0.25) is 5.02 Å². The monoisotopic (exact) mass is 291 g/mol. The van der Waals surface area contributed by atoms with Gasteiger partial charge in [-0.05, 0) is 61.6 Å². The van der Waals surface area contributed by atoms with E-state index in [9.17, 15) is 0 Å². The molecule has 0 aromatic heterocycles. The van der Waals surface area contributed by atoms with Gasteiger partial charge in [-0.15, -0.1) is 0 Å². The van der Waals surface area contributed by atoms with Crippen LogP contribution in [0.3, 0.4) is 0 Å². The van der Waals surface area contributed by atoms with E-state index in [4.69, 9.17) is 11.6 Å². The van der Waals surface area contributed by atoms with E-state index in [1.165, 1.54) is 50.6 Å². The van der Waals surface area contributed by atoms with Gasteiger partial charge in [-0.25, -0.2) is 0 Å². The lowest BCUT2D eigenvalue weighted by Gasteiger charge is -2.49. The van der Waals surface area contributed by atoms with Crippen LogP contribution in [0.15, 0.2) is 24.3 Å². The Bertz CT molecular complexity index is 448. The van der Waals surface area contributed by atoms with E-state index in [0.29, 0.717) is 11.3 Å². The fourth-order valence-electron chi connectivity index (χ4n) is 4.43. The summed E-state index contributed by atoms with van der Waals surface area (Å²) in [5.74, 6) is 1.56. The second kappa shape index (κ2) is 6.07. The van der Waals surface area contributed by atoms with Crippen molar-refractivity contribution < 1.29 is 0 Å². The summed E-state index contributed by atoms with van der Waals surface area (Å²) in [5, 5.41) is 4.56. The van der Waals surface area contributed by atoms with Crippen LogP contribution in [0.25, 0.3) is 0 Å². The summed E-state index contributed by atoms with van der Waals surface area (Å²) in [6, 6.07) is 8.48. The van der Waals surface area contributed by atoms with E-state index >= 15 is 0 Å². The van der Waals surface area contributed by atoms with Crippen molar-refractivity contribution in [2.75, 3.05) is 13.1 Å². The van der Waals surface area contributed by atoms with E-state index < -0.39 is 0 Å². The average Bonchev–Trinajstić information content (AvgIpc) is 2.50. The molecule has 1 aliphatic heterocycles. The number of hydrogen-bond acceptors (Lipinski definition) is 1. The van der Waals surface area contributed by atoms with Crippen LogP contribution in [0, 0.1) is 11.3 Å². The maximum Gasteiger partial charge on any atom is 0.0441 e. The Morgan fingerprint density at radius 1 is 1.20 bits per heavy atom. The van der Waals surface area contributed by atoms with Crippen LogP contribution in [0.5, 0.6) is 0 Å². The summed E-state index contributed by atoms with van der Waals surface area (Å²) >= 11 is 6.49. The van der Waals surface area contributed by atoms with Gasteiger partial charge in [0.15, 0.2) is 0 Å². The molecule has 1 unspecified atom stereocenters. The van der Waals surface area contributed by atoms with E-state index in [-0.39, 0.29) is 0 Å². The number of rotatable bonds is 2. The topological polar surface area (TPSA) is 12.0 Å². The highest BCUT2D eigenvalue weighted by molar-refractivity contribution is 6.31. The molecule has 0 amide bonds. The standard InChI is InChI=1S/C18H26ClN/c1-2-14-7-9-18(10-8-14)11-12-20-13-16(18)15-5-3-4-6-17(15)19/h3-6,14,16,20H,2,7-13H2,1H3. The molecule has 1 aromatic carbocycles. The molecule has 2 aliphatic rings. The summed E-state index contributed by atoms with van der Waals surface area (Å²) in [7, 11) is 0. The number of hydrogen-bond donors (Lipinski definition) is 1. The van der Waals surface area contributed by atoms with Crippen molar-refractivity contribution >= 4 is 11.6 Å². The third-order valence-electron chi connectivity index (χ3n) is 5.85. The minimum Gasteiger partial charge on any atom is -0.316 e. The normalized spacial score (nSPS) is 34.3. The second-order valence-electron chi connectivity index (χ2n) is 6.74. The van der Waals surface area contributed by atoms with Gasteiger partial charge in [0.25, 0.3) is 0 Å². The zero-order valence-electron chi connectivity index (χ0n) is 12.5. The van der Waals surface area contributed by atoms with Crippen molar-refractivity contribution in [2.45, 2.75) is 51.4 Å². The summed E-state index contributed by atoms with van der Waals surface area (Å²) in [6.07, 6.45) is 8.28. The Balaban J connectivity index is 1.86. The lowest BCUT2D eigenvalue weighted by atomic mass is 9.59. The molecular formula is C18H26ClN. The van der Waals surface area contributed by atoms with Crippen molar-refractivity contribution in [3.8, 4) is 0 Å². The predicted molar refractivity (Wildman–Crippen MR) is 86.4 cm³/mol. The molecule has 2 fully saturated rings. The van der Waals surface area contributed by atoms with Crippen molar-refractivity contribution in [3.63, 3.8) is 0 Å². The highest BCUT2D eigenvalue weighted by Gasteiger charge is 2.43. The van der Waals surface area contributed by atoms with E-state index in [2.05, 4.69) is 30.4 Å². The molecule has 1 nitrogen and oxygen atoms in total. The molecule has 1 N–H and O–H groups in total. The van der Waals surface area contributed by atoms with Crippen LogP contribution in [0.4, 0.5) is 0 Å². The Morgan fingerprint density at radius 2 is 1.95 bits per heavy atom. The summed E-state index contributed by atoms with van der Waals surface area (Å²) in [4.78, 5) is 0. The lowest BCUT2D eigenvalue weighted by molar-refractivity contribution is 0.0783. The maximum atomic E-state index is 6.49. The second-order valence-corrected chi connectivity index (χ2v) is 7.15. The minimum absolute atomic E-state index is 0.502. The molecule has 0 radical (unpaired) electrons. The van der Waals surface area contributed by atoms with Crippen molar-refractivity contribution in [2.24, 2.45) is 11.3 Å². The molecule has 110 valence electrons. The number of benzene rings is 1. The number of nitrogens with one attached hydrogen (secondary N) is 1. The first-order chi connectivity index (χ1) is 9.75. The molecule has 1 atom stereocenters. The van der Waals surface area contributed by atoms with Gasteiger partial charge in [0, 0.05) is 17.5 Å². The lowest BCUT2D eigenvalue weighted by Crippen LogP contribution is -2.45. The number of piperidine rings is 1. The summed E-state index contributed by atoms with van der Waals surface area (Å²) in [5.41, 5.74) is 1.87. The molecular weight excluding hydrogens is 266 g/mol. The van der Waals surface area contributed by atoms with Gasteiger partial charge < -0.3 is 5.32 Å². The Labute approximate surface area is 128 Å². The van der Waals surface area contributed by atoms with Crippen molar-refractivity contribution in [1.82, 2.24) is 5.32 Å². The van der Waals surface area contributed by atoms with Gasteiger partial charge >= 0.3 is 0 Å². The Kier molecular flexibility index (Phi) is 4.37. The van der Waals surface area contributed by atoms with Crippen LogP contribution in [0.1, 0.15) is 56.9 Å². The Morgan fingerprint density at radius 3 is 2.65 bits per heavy atom. The quantitative estimate of drug-likeness (QED) is 0.808. The first-order valence-corrected chi connectivity index (χ1v) is 8.58. The van der Waals surface area contributed by atoms with Crippen LogP contribution in [-0.4, -0.2) is 13.1 Å². The van der Waals surface area contributed by atoms with Gasteiger partial charge in [-0.3, -0.25) is 0 Å². The first kappa shape index (κ1) is 14.4. The van der Waals surface area contributed by atoms with Gasteiger partial charge in [0.05, 0.1) is 0 Å². The fourth-order valence-corrected chi connectivity index (χ4v) is 4.70. The van der Waals surface area contributed by atoms with Crippen molar-refractivity contribution in [3.05, 3.63) is 34.9 Å². The molecule has 2 heteroatoms. The molecule has 1 heterocycles.